The SMILES string of the molecule is CCOc1cc([C@@H]2NC(=O)NC(C)=C2C(=O)OC(C)(C)C)ccc1OCc1ccc(Cl)cc1Cl. The van der Waals surface area contributed by atoms with Gasteiger partial charge in [-0.05, 0) is 64.4 Å². The summed E-state index contributed by atoms with van der Waals surface area (Å²) >= 11 is 12.2. The zero-order chi connectivity index (χ0) is 25.0. The predicted octanol–water partition coefficient (Wildman–Crippen LogP) is 5.94. The molecule has 1 aliphatic heterocycles. The van der Waals surface area contributed by atoms with Gasteiger partial charge in [-0.1, -0.05) is 35.3 Å². The van der Waals surface area contributed by atoms with E-state index in [1.807, 2.05) is 6.92 Å². The number of hydrogen-bond acceptors (Lipinski definition) is 5. The number of halogens is 2. The summed E-state index contributed by atoms with van der Waals surface area (Å²) in [4.78, 5) is 25.2. The smallest absolute Gasteiger partial charge is 0.338 e. The molecule has 0 bridgehead atoms. The highest BCUT2D eigenvalue weighted by atomic mass is 35.5. The van der Waals surface area contributed by atoms with Gasteiger partial charge in [-0.3, -0.25) is 0 Å². The Bertz CT molecular complexity index is 1120. The number of amides is 2. The lowest BCUT2D eigenvalue weighted by Gasteiger charge is -2.30. The van der Waals surface area contributed by atoms with Gasteiger partial charge in [0.2, 0.25) is 0 Å². The topological polar surface area (TPSA) is 85.9 Å². The highest BCUT2D eigenvalue weighted by Gasteiger charge is 2.34. The van der Waals surface area contributed by atoms with Crippen LogP contribution in [0.4, 0.5) is 4.79 Å². The second-order valence-corrected chi connectivity index (χ2v) is 9.58. The fraction of sp³-hybridized carbons (Fsp3) is 0.360. The van der Waals surface area contributed by atoms with Crippen LogP contribution in [0.2, 0.25) is 10.0 Å². The van der Waals surface area contributed by atoms with E-state index in [-0.39, 0.29) is 6.61 Å². The molecule has 182 valence electrons. The van der Waals surface area contributed by atoms with E-state index in [0.717, 1.165) is 5.56 Å². The molecule has 34 heavy (non-hydrogen) atoms. The van der Waals surface area contributed by atoms with E-state index < -0.39 is 23.6 Å². The fourth-order valence-corrected chi connectivity index (χ4v) is 3.90. The third kappa shape index (κ3) is 6.36. The molecule has 1 aliphatic rings. The van der Waals surface area contributed by atoms with Crippen molar-refractivity contribution in [2.24, 2.45) is 0 Å². The Hall–Kier alpha value is -2.90. The van der Waals surface area contributed by atoms with E-state index in [0.29, 0.717) is 45.0 Å². The van der Waals surface area contributed by atoms with Gasteiger partial charge in [0.15, 0.2) is 11.5 Å². The van der Waals surface area contributed by atoms with Gasteiger partial charge >= 0.3 is 12.0 Å². The van der Waals surface area contributed by atoms with Crippen LogP contribution in [0.5, 0.6) is 11.5 Å². The molecule has 0 radical (unpaired) electrons. The Labute approximate surface area is 209 Å². The van der Waals surface area contributed by atoms with Gasteiger partial charge < -0.3 is 24.8 Å². The van der Waals surface area contributed by atoms with Crippen molar-refractivity contribution >= 4 is 35.2 Å². The van der Waals surface area contributed by atoms with Crippen molar-refractivity contribution in [1.82, 2.24) is 10.6 Å². The molecule has 1 heterocycles. The van der Waals surface area contributed by atoms with Crippen LogP contribution in [0, 0.1) is 0 Å². The molecule has 7 nitrogen and oxygen atoms in total. The second kappa shape index (κ2) is 10.6. The van der Waals surface area contributed by atoms with E-state index in [1.165, 1.54) is 0 Å². The molecule has 0 saturated heterocycles. The first-order valence-electron chi connectivity index (χ1n) is 10.8. The number of ether oxygens (including phenoxy) is 3. The monoisotopic (exact) mass is 506 g/mol. The van der Waals surface area contributed by atoms with Crippen LogP contribution in [-0.4, -0.2) is 24.2 Å². The van der Waals surface area contributed by atoms with Gasteiger partial charge in [-0.2, -0.15) is 0 Å². The van der Waals surface area contributed by atoms with Gasteiger partial charge in [-0.25, -0.2) is 9.59 Å². The molecule has 0 saturated carbocycles. The molecule has 0 unspecified atom stereocenters. The summed E-state index contributed by atoms with van der Waals surface area (Å²) in [5.41, 5.74) is 1.48. The van der Waals surface area contributed by atoms with Crippen molar-refractivity contribution in [2.75, 3.05) is 6.61 Å². The van der Waals surface area contributed by atoms with Crippen LogP contribution in [0.3, 0.4) is 0 Å². The summed E-state index contributed by atoms with van der Waals surface area (Å²) < 4.78 is 17.3. The Balaban J connectivity index is 1.92. The average molecular weight is 507 g/mol. The van der Waals surface area contributed by atoms with Crippen LogP contribution in [-0.2, 0) is 16.1 Å². The van der Waals surface area contributed by atoms with Crippen molar-refractivity contribution < 1.29 is 23.8 Å². The lowest BCUT2D eigenvalue weighted by molar-refractivity contribution is -0.150. The standard InChI is InChI=1S/C25H28Cl2N2O5/c1-6-32-20-11-15(8-10-19(20)33-13-16-7-9-17(26)12-18(16)27)22-21(14(2)28-24(31)29-22)23(30)34-25(3,4)5/h7-12,22H,6,13H2,1-5H3,(H2,28,29,31)/t22-/m0/s1. The average Bonchev–Trinajstić information content (AvgIpc) is 2.72. The number of hydrogen-bond donors (Lipinski definition) is 2. The zero-order valence-corrected chi connectivity index (χ0v) is 21.3. The van der Waals surface area contributed by atoms with Crippen LogP contribution in [0.1, 0.15) is 51.8 Å². The molecule has 2 aromatic rings. The lowest BCUT2D eigenvalue weighted by atomic mass is 9.95. The number of nitrogens with one attached hydrogen (secondary N) is 2. The summed E-state index contributed by atoms with van der Waals surface area (Å²) in [6, 6.07) is 9.32. The molecular weight excluding hydrogens is 479 g/mol. The minimum absolute atomic E-state index is 0.210. The minimum atomic E-state index is -0.720. The maximum atomic E-state index is 13.0. The molecule has 2 N–H and O–H groups in total. The van der Waals surface area contributed by atoms with Crippen LogP contribution in [0.25, 0.3) is 0 Å². The number of urea groups is 1. The van der Waals surface area contributed by atoms with Crippen molar-refractivity contribution in [2.45, 2.75) is 52.9 Å². The summed E-state index contributed by atoms with van der Waals surface area (Å²) in [6.45, 7) is 9.50. The molecule has 0 aromatic heterocycles. The molecule has 3 rings (SSSR count). The normalized spacial score (nSPS) is 16.0. The molecule has 2 amide bonds. The van der Waals surface area contributed by atoms with Crippen molar-refractivity contribution in [1.29, 1.82) is 0 Å². The molecule has 0 fully saturated rings. The molecule has 9 heteroatoms. The number of rotatable bonds is 7. The van der Waals surface area contributed by atoms with Crippen molar-refractivity contribution in [3.05, 3.63) is 68.8 Å². The summed E-state index contributed by atoms with van der Waals surface area (Å²) in [7, 11) is 0. The molecule has 0 aliphatic carbocycles. The molecular formula is C25H28Cl2N2O5. The van der Waals surface area contributed by atoms with Crippen molar-refractivity contribution in [3.8, 4) is 11.5 Å². The molecule has 0 spiro atoms. The minimum Gasteiger partial charge on any atom is -0.490 e. The second-order valence-electron chi connectivity index (χ2n) is 8.74. The number of esters is 1. The Kier molecular flexibility index (Phi) is 8.00. The summed E-state index contributed by atoms with van der Waals surface area (Å²) in [6.07, 6.45) is 0. The third-order valence-corrected chi connectivity index (χ3v) is 5.47. The van der Waals surface area contributed by atoms with Gasteiger partial charge in [0.05, 0.1) is 18.2 Å². The number of benzene rings is 2. The van der Waals surface area contributed by atoms with Crippen LogP contribution < -0.4 is 20.1 Å². The van der Waals surface area contributed by atoms with Crippen molar-refractivity contribution in [3.63, 3.8) is 0 Å². The van der Waals surface area contributed by atoms with E-state index in [4.69, 9.17) is 37.4 Å². The highest BCUT2D eigenvalue weighted by molar-refractivity contribution is 6.35. The summed E-state index contributed by atoms with van der Waals surface area (Å²) in [5, 5.41) is 6.49. The first-order chi connectivity index (χ1) is 16.0. The fourth-order valence-electron chi connectivity index (χ4n) is 3.43. The number of carbonyl (C=O) groups excluding carboxylic acids is 2. The van der Waals surface area contributed by atoms with Crippen LogP contribution >= 0.6 is 23.2 Å². The first kappa shape index (κ1) is 25.7. The maximum absolute atomic E-state index is 13.0. The third-order valence-electron chi connectivity index (χ3n) is 4.89. The van der Waals surface area contributed by atoms with E-state index in [9.17, 15) is 9.59 Å². The molecule has 1 atom stereocenters. The number of allylic oxidation sites excluding steroid dienone is 1. The molecule has 2 aromatic carbocycles. The Morgan fingerprint density at radius 1 is 1.06 bits per heavy atom. The van der Waals surface area contributed by atoms with E-state index >= 15 is 0 Å². The zero-order valence-electron chi connectivity index (χ0n) is 19.8. The number of carbonyl (C=O) groups is 2. The Morgan fingerprint density at radius 2 is 1.79 bits per heavy atom. The quantitative estimate of drug-likeness (QED) is 0.453. The van der Waals surface area contributed by atoms with Gasteiger partial charge in [0.25, 0.3) is 0 Å². The Morgan fingerprint density at radius 3 is 2.44 bits per heavy atom. The highest BCUT2D eigenvalue weighted by Crippen LogP contribution is 2.36. The van der Waals surface area contributed by atoms with Gasteiger partial charge in [0, 0.05) is 21.3 Å². The maximum Gasteiger partial charge on any atom is 0.338 e. The predicted molar refractivity (Wildman–Crippen MR) is 131 cm³/mol. The van der Waals surface area contributed by atoms with Gasteiger partial charge in [-0.15, -0.1) is 0 Å². The summed E-state index contributed by atoms with van der Waals surface area (Å²) in [5.74, 6) is 0.452. The van der Waals surface area contributed by atoms with Gasteiger partial charge in [0.1, 0.15) is 12.2 Å². The van der Waals surface area contributed by atoms with E-state index in [2.05, 4.69) is 10.6 Å². The first-order valence-corrected chi connectivity index (χ1v) is 11.6. The van der Waals surface area contributed by atoms with E-state index in [1.54, 1.807) is 64.1 Å². The largest absolute Gasteiger partial charge is 0.490 e. The van der Waals surface area contributed by atoms with Crippen LogP contribution in [0.15, 0.2) is 47.7 Å². The lowest BCUT2D eigenvalue weighted by Crippen LogP contribution is -2.46.